The number of rotatable bonds is 5. The molecule has 1 amide bonds. The van der Waals surface area contributed by atoms with Gasteiger partial charge in [-0.15, -0.1) is 0 Å². The first-order chi connectivity index (χ1) is 8.99. The highest BCUT2D eigenvalue weighted by atomic mass is 79.9. The molecule has 1 unspecified atom stereocenters. The second-order valence-electron chi connectivity index (χ2n) is 3.78. The Bertz CT molecular complexity index is 477. The van der Waals surface area contributed by atoms with Gasteiger partial charge < -0.3 is 10.1 Å². The second kappa shape index (κ2) is 7.65. The molecule has 4 nitrogen and oxygen atoms in total. The Morgan fingerprint density at radius 3 is 2.58 bits per heavy atom. The molecular formula is C13H15Br2NO3. The number of carbonyl (C=O) groups excluding carboxylic acids is 2. The molecule has 0 bridgehead atoms. The van der Waals surface area contributed by atoms with Gasteiger partial charge in [0.15, 0.2) is 0 Å². The van der Waals surface area contributed by atoms with Crippen molar-refractivity contribution in [3.63, 3.8) is 0 Å². The highest BCUT2D eigenvalue weighted by Gasteiger charge is 2.15. The number of esters is 1. The molecule has 0 saturated carbocycles. The number of nitrogens with one attached hydrogen (secondary N) is 1. The summed E-state index contributed by atoms with van der Waals surface area (Å²) in [6.45, 7) is 4.00. The number of halogens is 2. The van der Waals surface area contributed by atoms with Crippen LogP contribution in [0.2, 0.25) is 0 Å². The summed E-state index contributed by atoms with van der Waals surface area (Å²) in [4.78, 5) is 23.1. The molecule has 1 aromatic rings. The summed E-state index contributed by atoms with van der Waals surface area (Å²) in [6, 6.07) is 4.92. The zero-order chi connectivity index (χ0) is 14.4. The lowest BCUT2D eigenvalue weighted by atomic mass is 10.2. The number of benzene rings is 1. The predicted molar refractivity (Wildman–Crippen MR) is 81.7 cm³/mol. The van der Waals surface area contributed by atoms with Crippen molar-refractivity contribution in [2.45, 2.75) is 25.1 Å². The monoisotopic (exact) mass is 391 g/mol. The maximum atomic E-state index is 11.7. The second-order valence-corrected chi connectivity index (χ2v) is 5.74. The lowest BCUT2D eigenvalue weighted by molar-refractivity contribution is -0.115. The van der Waals surface area contributed by atoms with E-state index in [1.54, 1.807) is 25.1 Å². The van der Waals surface area contributed by atoms with Gasteiger partial charge >= 0.3 is 5.97 Å². The summed E-state index contributed by atoms with van der Waals surface area (Å²) in [7, 11) is 0. The van der Waals surface area contributed by atoms with Crippen molar-refractivity contribution < 1.29 is 14.3 Å². The molecule has 1 rings (SSSR count). The van der Waals surface area contributed by atoms with Crippen LogP contribution >= 0.6 is 31.9 Å². The van der Waals surface area contributed by atoms with Gasteiger partial charge in [-0.3, -0.25) is 4.79 Å². The Kier molecular flexibility index (Phi) is 6.51. The van der Waals surface area contributed by atoms with Crippen LogP contribution < -0.4 is 5.32 Å². The van der Waals surface area contributed by atoms with Crippen molar-refractivity contribution in [3.05, 3.63) is 28.2 Å². The minimum atomic E-state index is -0.381. The van der Waals surface area contributed by atoms with E-state index in [-0.39, 0.29) is 16.7 Å². The Labute approximate surface area is 129 Å². The SMILES string of the molecule is CCOC(=O)c1ccc(NC(=O)C(Br)CC)c(Br)c1. The van der Waals surface area contributed by atoms with Gasteiger partial charge in [0, 0.05) is 4.47 Å². The molecule has 0 radical (unpaired) electrons. The van der Waals surface area contributed by atoms with Gasteiger partial charge in [0.1, 0.15) is 0 Å². The fraction of sp³-hybridized carbons (Fsp3) is 0.385. The van der Waals surface area contributed by atoms with Gasteiger partial charge in [0.25, 0.3) is 0 Å². The van der Waals surface area contributed by atoms with E-state index in [9.17, 15) is 9.59 Å². The normalized spacial score (nSPS) is 11.8. The lowest BCUT2D eigenvalue weighted by Gasteiger charge is -2.11. The molecule has 0 aliphatic carbocycles. The van der Waals surface area contributed by atoms with E-state index >= 15 is 0 Å². The van der Waals surface area contributed by atoms with Crippen molar-refractivity contribution >= 4 is 49.4 Å². The smallest absolute Gasteiger partial charge is 0.338 e. The van der Waals surface area contributed by atoms with Crippen LogP contribution in [0, 0.1) is 0 Å². The predicted octanol–water partition coefficient (Wildman–Crippen LogP) is 3.74. The van der Waals surface area contributed by atoms with E-state index in [2.05, 4.69) is 37.2 Å². The summed E-state index contributed by atoms with van der Waals surface area (Å²) in [5, 5.41) is 2.77. The van der Waals surface area contributed by atoms with Crippen LogP contribution in [0.4, 0.5) is 5.69 Å². The zero-order valence-corrected chi connectivity index (χ0v) is 13.9. The van der Waals surface area contributed by atoms with Crippen molar-refractivity contribution in [2.24, 2.45) is 0 Å². The maximum Gasteiger partial charge on any atom is 0.338 e. The molecular weight excluding hydrogens is 378 g/mol. The highest BCUT2D eigenvalue weighted by molar-refractivity contribution is 9.10. The summed E-state index contributed by atoms with van der Waals surface area (Å²) < 4.78 is 5.55. The van der Waals surface area contributed by atoms with E-state index in [0.29, 0.717) is 28.8 Å². The van der Waals surface area contributed by atoms with E-state index in [0.717, 1.165) is 0 Å². The molecule has 1 N–H and O–H groups in total. The van der Waals surface area contributed by atoms with Crippen molar-refractivity contribution in [1.29, 1.82) is 0 Å². The van der Waals surface area contributed by atoms with Gasteiger partial charge in [-0.2, -0.15) is 0 Å². The van der Waals surface area contributed by atoms with E-state index in [1.165, 1.54) is 0 Å². The van der Waals surface area contributed by atoms with Crippen molar-refractivity contribution in [3.8, 4) is 0 Å². The van der Waals surface area contributed by atoms with Crippen LogP contribution in [-0.4, -0.2) is 23.3 Å². The van der Waals surface area contributed by atoms with E-state index in [1.807, 2.05) is 6.92 Å². The molecule has 1 aromatic carbocycles. The third-order valence-electron chi connectivity index (χ3n) is 2.38. The van der Waals surface area contributed by atoms with Crippen molar-refractivity contribution in [2.75, 3.05) is 11.9 Å². The summed E-state index contributed by atoms with van der Waals surface area (Å²) in [5.41, 5.74) is 1.06. The molecule has 0 aliphatic heterocycles. The quantitative estimate of drug-likeness (QED) is 0.613. The summed E-state index contributed by atoms with van der Waals surface area (Å²) >= 11 is 6.61. The van der Waals surface area contributed by atoms with Crippen LogP contribution in [0.1, 0.15) is 30.6 Å². The third-order valence-corrected chi connectivity index (χ3v) is 4.10. The summed E-state index contributed by atoms with van der Waals surface area (Å²) in [6.07, 6.45) is 0.699. The van der Waals surface area contributed by atoms with Gasteiger partial charge in [0.2, 0.25) is 5.91 Å². The first-order valence-electron chi connectivity index (χ1n) is 5.91. The lowest BCUT2D eigenvalue weighted by Crippen LogP contribution is -2.22. The molecule has 0 aliphatic rings. The van der Waals surface area contributed by atoms with Gasteiger partial charge in [-0.1, -0.05) is 22.9 Å². The minimum absolute atomic E-state index is 0.118. The molecule has 0 fully saturated rings. The number of anilines is 1. The molecule has 0 spiro atoms. The minimum Gasteiger partial charge on any atom is -0.462 e. The molecule has 0 saturated heterocycles. The molecule has 19 heavy (non-hydrogen) atoms. The Morgan fingerprint density at radius 2 is 2.05 bits per heavy atom. The van der Waals surface area contributed by atoms with Crippen molar-refractivity contribution in [1.82, 2.24) is 0 Å². The van der Waals surface area contributed by atoms with Gasteiger partial charge in [-0.25, -0.2) is 4.79 Å². The molecule has 0 heterocycles. The number of hydrogen-bond acceptors (Lipinski definition) is 3. The van der Waals surface area contributed by atoms with Crippen LogP contribution in [0.5, 0.6) is 0 Å². The molecule has 1 atom stereocenters. The number of ether oxygens (including phenoxy) is 1. The van der Waals surface area contributed by atoms with Gasteiger partial charge in [0.05, 0.1) is 22.7 Å². The molecule has 104 valence electrons. The average Bonchev–Trinajstić information content (AvgIpc) is 2.40. The Morgan fingerprint density at radius 1 is 1.37 bits per heavy atom. The zero-order valence-electron chi connectivity index (χ0n) is 10.7. The third kappa shape index (κ3) is 4.62. The highest BCUT2D eigenvalue weighted by Crippen LogP contribution is 2.25. The van der Waals surface area contributed by atoms with Crippen LogP contribution in [-0.2, 0) is 9.53 Å². The fourth-order valence-corrected chi connectivity index (χ4v) is 1.95. The maximum absolute atomic E-state index is 11.7. The van der Waals surface area contributed by atoms with E-state index in [4.69, 9.17) is 4.74 Å². The van der Waals surface area contributed by atoms with Crippen LogP contribution in [0.15, 0.2) is 22.7 Å². The number of amides is 1. The number of carbonyl (C=O) groups is 2. The molecule has 0 aromatic heterocycles. The number of alkyl halides is 1. The first-order valence-corrected chi connectivity index (χ1v) is 7.62. The Balaban J connectivity index is 2.83. The standard InChI is InChI=1S/C13H15Br2NO3/c1-3-9(14)12(17)16-11-6-5-8(7-10(11)15)13(18)19-4-2/h5-7,9H,3-4H2,1-2H3,(H,16,17). The van der Waals surface area contributed by atoms with E-state index < -0.39 is 0 Å². The molecule has 6 heteroatoms. The topological polar surface area (TPSA) is 55.4 Å². The van der Waals surface area contributed by atoms with Gasteiger partial charge in [-0.05, 0) is 47.5 Å². The largest absolute Gasteiger partial charge is 0.462 e. The Hall–Kier alpha value is -0.880. The summed E-state index contributed by atoms with van der Waals surface area (Å²) in [5.74, 6) is -0.500. The number of hydrogen-bond donors (Lipinski definition) is 1. The van der Waals surface area contributed by atoms with Crippen LogP contribution in [0.3, 0.4) is 0 Å². The first kappa shape index (κ1) is 16.2. The average molecular weight is 393 g/mol. The van der Waals surface area contributed by atoms with Crippen LogP contribution in [0.25, 0.3) is 0 Å². The fourth-order valence-electron chi connectivity index (χ4n) is 1.35.